The molecule has 1 amide bonds. The molecule has 0 spiro atoms. The molecule has 0 aromatic heterocycles. The Kier molecular flexibility index (Phi) is 12.3. The zero-order valence-corrected chi connectivity index (χ0v) is 11.6. The molecular weight excluding hydrogens is 222 g/mol. The van der Waals surface area contributed by atoms with Crippen LogP contribution in [0.3, 0.4) is 0 Å². The van der Waals surface area contributed by atoms with E-state index in [-0.39, 0.29) is 5.91 Å². The Labute approximate surface area is 111 Å². The van der Waals surface area contributed by atoms with Crippen molar-refractivity contribution in [2.75, 3.05) is 0 Å². The molecule has 0 aromatic rings. The molecule has 0 radical (unpaired) electrons. The van der Waals surface area contributed by atoms with Crippen LogP contribution in [0.5, 0.6) is 0 Å². The Morgan fingerprint density at radius 2 is 1.72 bits per heavy atom. The van der Waals surface area contributed by atoms with Gasteiger partial charge in [-0.25, -0.2) is 0 Å². The number of amides is 1. The van der Waals surface area contributed by atoms with Crippen molar-refractivity contribution in [3.63, 3.8) is 0 Å². The van der Waals surface area contributed by atoms with Gasteiger partial charge in [0.2, 0.25) is 5.91 Å². The molecule has 2 heteroatoms. The van der Waals surface area contributed by atoms with Crippen molar-refractivity contribution in [2.45, 2.75) is 46.0 Å². The molecule has 0 rings (SSSR count). The van der Waals surface area contributed by atoms with E-state index in [1.165, 1.54) is 18.9 Å². The topological polar surface area (TPSA) is 29.1 Å². The van der Waals surface area contributed by atoms with Gasteiger partial charge < -0.3 is 5.32 Å². The van der Waals surface area contributed by atoms with E-state index < -0.39 is 0 Å². The van der Waals surface area contributed by atoms with Crippen LogP contribution in [-0.2, 0) is 4.79 Å². The van der Waals surface area contributed by atoms with Gasteiger partial charge in [0.25, 0.3) is 0 Å². The smallest absolute Gasteiger partial charge is 0.247 e. The van der Waals surface area contributed by atoms with Gasteiger partial charge in [-0.3, -0.25) is 4.79 Å². The second kappa shape index (κ2) is 13.5. The highest BCUT2D eigenvalue weighted by atomic mass is 16.1. The fourth-order valence-electron chi connectivity index (χ4n) is 1.21. The Hall–Kier alpha value is -1.57. The van der Waals surface area contributed by atoms with E-state index >= 15 is 0 Å². The summed E-state index contributed by atoms with van der Waals surface area (Å²) in [5.41, 5.74) is 0. The van der Waals surface area contributed by atoms with Crippen LogP contribution in [-0.4, -0.2) is 5.91 Å². The lowest BCUT2D eigenvalue weighted by Gasteiger charge is -1.91. The number of carbonyl (C=O) groups is 1. The molecule has 2 nitrogen and oxygen atoms in total. The molecule has 0 saturated heterocycles. The Morgan fingerprint density at radius 3 is 2.44 bits per heavy atom. The van der Waals surface area contributed by atoms with Gasteiger partial charge >= 0.3 is 0 Å². The first-order chi connectivity index (χ1) is 8.81. The van der Waals surface area contributed by atoms with E-state index in [1.54, 1.807) is 12.3 Å². The van der Waals surface area contributed by atoms with Crippen LogP contribution in [0.2, 0.25) is 0 Å². The summed E-state index contributed by atoms with van der Waals surface area (Å²) in [6, 6.07) is 0. The molecule has 0 aromatic carbocycles. The van der Waals surface area contributed by atoms with Crippen LogP contribution in [0, 0.1) is 0 Å². The largest absolute Gasteiger partial charge is 0.329 e. The summed E-state index contributed by atoms with van der Waals surface area (Å²) >= 11 is 0. The van der Waals surface area contributed by atoms with Crippen molar-refractivity contribution in [1.82, 2.24) is 5.32 Å². The molecule has 1 N–H and O–H groups in total. The molecular formula is C16H25NO. The third-order valence-corrected chi connectivity index (χ3v) is 2.24. The number of rotatable bonds is 9. The van der Waals surface area contributed by atoms with Crippen molar-refractivity contribution in [2.24, 2.45) is 0 Å². The minimum absolute atomic E-state index is 0.0954. The van der Waals surface area contributed by atoms with Crippen LogP contribution >= 0.6 is 0 Å². The molecule has 0 aliphatic carbocycles. The zero-order chi connectivity index (χ0) is 13.5. The lowest BCUT2D eigenvalue weighted by molar-refractivity contribution is -0.115. The number of carbonyl (C=O) groups excluding carboxylic acids is 1. The fraction of sp³-hybridized carbons (Fsp3) is 0.438. The van der Waals surface area contributed by atoms with E-state index in [9.17, 15) is 4.79 Å². The van der Waals surface area contributed by atoms with E-state index in [4.69, 9.17) is 0 Å². The van der Waals surface area contributed by atoms with E-state index in [2.05, 4.69) is 25.2 Å². The third kappa shape index (κ3) is 12.5. The third-order valence-electron chi connectivity index (χ3n) is 2.24. The molecule has 0 aliphatic heterocycles. The minimum atomic E-state index is -0.0954. The van der Waals surface area contributed by atoms with Crippen LogP contribution < -0.4 is 5.32 Å². The number of hydrogen-bond donors (Lipinski definition) is 1. The first-order valence-electron chi connectivity index (χ1n) is 6.76. The Bertz CT molecular complexity index is 311. The predicted molar refractivity (Wildman–Crippen MR) is 79.1 cm³/mol. The maximum absolute atomic E-state index is 11.3. The van der Waals surface area contributed by atoms with Crippen molar-refractivity contribution in [1.29, 1.82) is 0 Å². The van der Waals surface area contributed by atoms with Crippen molar-refractivity contribution < 1.29 is 4.79 Å². The first kappa shape index (κ1) is 16.4. The van der Waals surface area contributed by atoms with Crippen molar-refractivity contribution in [3.05, 3.63) is 48.7 Å². The van der Waals surface area contributed by atoms with Gasteiger partial charge in [-0.1, -0.05) is 69.6 Å². The predicted octanol–water partition coefficient (Wildman–Crippen LogP) is 4.28. The van der Waals surface area contributed by atoms with Gasteiger partial charge in [0.05, 0.1) is 0 Å². The molecule has 0 bridgehead atoms. The SMILES string of the molecule is CCC/C=C/NC(=O)/C=C/C=C/C=C/CCCC. The molecule has 18 heavy (non-hydrogen) atoms. The van der Waals surface area contributed by atoms with Crippen molar-refractivity contribution >= 4 is 5.91 Å². The maximum Gasteiger partial charge on any atom is 0.247 e. The van der Waals surface area contributed by atoms with Crippen LogP contribution in [0.1, 0.15) is 46.0 Å². The highest BCUT2D eigenvalue weighted by Crippen LogP contribution is 1.94. The van der Waals surface area contributed by atoms with Crippen molar-refractivity contribution in [3.8, 4) is 0 Å². The average molecular weight is 247 g/mol. The van der Waals surface area contributed by atoms with E-state index in [1.807, 2.05) is 24.3 Å². The molecule has 0 heterocycles. The quantitative estimate of drug-likeness (QED) is 0.368. The Balaban J connectivity index is 3.70. The minimum Gasteiger partial charge on any atom is -0.329 e. The summed E-state index contributed by atoms with van der Waals surface area (Å²) < 4.78 is 0. The average Bonchev–Trinajstić information content (AvgIpc) is 2.38. The number of hydrogen-bond acceptors (Lipinski definition) is 1. The molecule has 0 unspecified atom stereocenters. The molecule has 0 aliphatic rings. The second-order valence-corrected chi connectivity index (χ2v) is 4.01. The molecule has 100 valence electrons. The summed E-state index contributed by atoms with van der Waals surface area (Å²) in [6.07, 6.45) is 20.5. The summed E-state index contributed by atoms with van der Waals surface area (Å²) in [7, 11) is 0. The van der Waals surface area contributed by atoms with Gasteiger partial charge in [-0.2, -0.15) is 0 Å². The van der Waals surface area contributed by atoms with Gasteiger partial charge in [-0.05, 0) is 12.8 Å². The van der Waals surface area contributed by atoms with E-state index in [0.717, 1.165) is 19.3 Å². The fourth-order valence-corrected chi connectivity index (χ4v) is 1.21. The van der Waals surface area contributed by atoms with Gasteiger partial charge in [-0.15, -0.1) is 0 Å². The first-order valence-corrected chi connectivity index (χ1v) is 6.76. The summed E-state index contributed by atoms with van der Waals surface area (Å²) in [6.45, 7) is 4.28. The number of nitrogens with one attached hydrogen (secondary N) is 1. The Morgan fingerprint density at radius 1 is 0.944 bits per heavy atom. The lowest BCUT2D eigenvalue weighted by Crippen LogP contribution is -2.13. The van der Waals surface area contributed by atoms with E-state index in [0.29, 0.717) is 0 Å². The van der Waals surface area contributed by atoms with Gasteiger partial charge in [0, 0.05) is 12.3 Å². The standard InChI is InChI=1S/C16H25NO/c1-3-5-7-8-9-10-11-12-14-16(18)17-15-13-6-4-2/h8-15H,3-7H2,1-2H3,(H,17,18)/b9-8+,11-10+,14-12+,15-13+. The normalized spacial score (nSPS) is 12.3. The number of unbranched alkanes of at least 4 members (excludes halogenated alkanes) is 3. The monoisotopic (exact) mass is 247 g/mol. The lowest BCUT2D eigenvalue weighted by atomic mass is 10.2. The maximum atomic E-state index is 11.3. The van der Waals surface area contributed by atoms with Gasteiger partial charge in [0.15, 0.2) is 0 Å². The highest BCUT2D eigenvalue weighted by molar-refractivity contribution is 5.88. The second-order valence-electron chi connectivity index (χ2n) is 4.01. The zero-order valence-electron chi connectivity index (χ0n) is 11.6. The molecule has 0 saturated carbocycles. The summed E-state index contributed by atoms with van der Waals surface area (Å²) in [5.74, 6) is -0.0954. The van der Waals surface area contributed by atoms with Crippen LogP contribution in [0.15, 0.2) is 48.7 Å². The van der Waals surface area contributed by atoms with Gasteiger partial charge in [0.1, 0.15) is 0 Å². The number of allylic oxidation sites excluding steroid dienone is 6. The van der Waals surface area contributed by atoms with Crippen LogP contribution in [0.4, 0.5) is 0 Å². The summed E-state index contributed by atoms with van der Waals surface area (Å²) in [4.78, 5) is 11.3. The molecule has 0 atom stereocenters. The van der Waals surface area contributed by atoms with Crippen LogP contribution in [0.25, 0.3) is 0 Å². The summed E-state index contributed by atoms with van der Waals surface area (Å²) in [5, 5.41) is 2.68. The highest BCUT2D eigenvalue weighted by Gasteiger charge is 1.86. The molecule has 0 fully saturated rings.